The SMILES string of the molecule is Cc1ccc(S(=O)(=O)Oc2ccc(S(=O)(=O)ON=C(c3ccc(Oc4ccc(C(=NOS(=O)(=O)c5ccc(OS(=O)(=O)c6ccc(C)cc6)cc5)C(F)(F)F)cc4)cc3)C(F)(F)F)cc2)cc1. The van der Waals surface area contributed by atoms with Gasteiger partial charge in [0.15, 0.2) is 11.4 Å². The van der Waals surface area contributed by atoms with Gasteiger partial charge >= 0.3 is 52.8 Å². The van der Waals surface area contributed by atoms with Crippen molar-refractivity contribution >= 4 is 51.9 Å². The molecule has 25 heteroatoms. The van der Waals surface area contributed by atoms with Crippen molar-refractivity contribution in [1.29, 1.82) is 0 Å². The molecule has 67 heavy (non-hydrogen) atoms. The summed E-state index contributed by atoms with van der Waals surface area (Å²) in [6.45, 7) is 3.46. The van der Waals surface area contributed by atoms with Crippen LogP contribution in [-0.2, 0) is 49.0 Å². The van der Waals surface area contributed by atoms with Crippen LogP contribution in [0.15, 0.2) is 175 Å². The standard InChI is InChI=1S/C42H30F6N2O13S4/c1-27-3-19-35(20-4-27)64(51,52)60-33-15-23-37(24-16-33)66(55,56)62-49-39(41(43,44)45)29-7-11-31(12-8-29)59-32-13-9-30(10-14-32)40(42(46,47)48)50-63-67(57,58)38-25-17-34(18-26-38)61-65(53,54)36-21-5-28(2)6-22-36/h3-26H,1-2H3. The summed E-state index contributed by atoms with van der Waals surface area (Å²) in [5, 5.41) is 5.67. The fourth-order valence-electron chi connectivity index (χ4n) is 5.38. The summed E-state index contributed by atoms with van der Waals surface area (Å²) in [7, 11) is -18.6. The number of benzene rings is 6. The summed E-state index contributed by atoms with van der Waals surface area (Å²) in [4.78, 5) is -1.79. The molecular formula is C42H30F6N2O13S4. The molecule has 0 saturated heterocycles. The molecule has 6 aromatic carbocycles. The fourth-order valence-corrected chi connectivity index (χ4v) is 8.69. The number of nitrogens with zero attached hydrogens (tertiary/aromatic N) is 2. The Bertz CT molecular complexity index is 3040. The van der Waals surface area contributed by atoms with Gasteiger partial charge in [0.2, 0.25) is 0 Å². The Hall–Kier alpha value is -6.96. The van der Waals surface area contributed by atoms with Crippen molar-refractivity contribution < 1.29 is 81.7 Å². The Labute approximate surface area is 379 Å². The summed E-state index contributed by atoms with van der Waals surface area (Å²) in [6, 6.07) is 25.5. The third kappa shape index (κ3) is 12.7. The van der Waals surface area contributed by atoms with Crippen LogP contribution in [0.1, 0.15) is 22.3 Å². The topological polar surface area (TPSA) is 207 Å². The Balaban J connectivity index is 1.10. The number of oxime groups is 2. The molecule has 0 saturated carbocycles. The Morgan fingerprint density at radius 3 is 0.910 bits per heavy atom. The van der Waals surface area contributed by atoms with E-state index < -0.39 is 85.2 Å². The highest BCUT2D eigenvalue weighted by Gasteiger charge is 2.40. The van der Waals surface area contributed by atoms with E-state index in [0.29, 0.717) is 0 Å². The van der Waals surface area contributed by atoms with E-state index in [9.17, 15) is 60.0 Å². The van der Waals surface area contributed by atoms with Crippen molar-refractivity contribution in [3.05, 3.63) is 168 Å². The van der Waals surface area contributed by atoms with Gasteiger partial charge in [-0.3, -0.25) is 8.57 Å². The first kappa shape index (κ1) is 49.5. The molecule has 6 aromatic rings. The molecule has 0 N–H and O–H groups in total. The van der Waals surface area contributed by atoms with Crippen molar-refractivity contribution in [2.75, 3.05) is 0 Å². The van der Waals surface area contributed by atoms with Gasteiger partial charge in [-0.15, -0.1) is 0 Å². The first-order valence-electron chi connectivity index (χ1n) is 18.5. The van der Waals surface area contributed by atoms with Gasteiger partial charge in [0.05, 0.1) is 0 Å². The lowest BCUT2D eigenvalue weighted by Crippen LogP contribution is -2.25. The minimum absolute atomic E-state index is 0.151. The lowest BCUT2D eigenvalue weighted by Gasteiger charge is -2.13. The molecule has 0 spiro atoms. The van der Waals surface area contributed by atoms with Crippen LogP contribution in [0, 0.1) is 13.8 Å². The Morgan fingerprint density at radius 2 is 0.627 bits per heavy atom. The first-order chi connectivity index (χ1) is 31.2. The lowest BCUT2D eigenvalue weighted by molar-refractivity contribution is -0.0606. The van der Waals surface area contributed by atoms with Gasteiger partial charge in [-0.05, 0) is 135 Å². The Kier molecular flexibility index (Phi) is 14.1. The van der Waals surface area contributed by atoms with Crippen LogP contribution in [0.25, 0.3) is 0 Å². The number of rotatable bonds is 16. The number of halogens is 6. The third-order valence-electron chi connectivity index (χ3n) is 8.74. The predicted molar refractivity (Wildman–Crippen MR) is 226 cm³/mol. The number of aryl methyl sites for hydroxylation is 2. The molecule has 0 unspecified atom stereocenters. The van der Waals surface area contributed by atoms with E-state index >= 15 is 0 Å². The van der Waals surface area contributed by atoms with E-state index in [1.807, 2.05) is 0 Å². The molecule has 0 fully saturated rings. The Morgan fingerprint density at radius 1 is 0.373 bits per heavy atom. The summed E-state index contributed by atoms with van der Waals surface area (Å²) >= 11 is 0. The summed E-state index contributed by atoms with van der Waals surface area (Å²) in [5.74, 6) is -0.940. The zero-order chi connectivity index (χ0) is 49.0. The van der Waals surface area contributed by atoms with Crippen molar-refractivity contribution in [2.45, 2.75) is 45.8 Å². The maximum absolute atomic E-state index is 14.1. The number of hydrogen-bond donors (Lipinski definition) is 0. The second-order valence-electron chi connectivity index (χ2n) is 13.7. The fraction of sp³-hybridized carbons (Fsp3) is 0.0952. The second kappa shape index (κ2) is 19.1. The average Bonchev–Trinajstić information content (AvgIpc) is 3.24. The van der Waals surface area contributed by atoms with Crippen molar-refractivity contribution in [3.63, 3.8) is 0 Å². The van der Waals surface area contributed by atoms with Crippen LogP contribution in [0.4, 0.5) is 26.3 Å². The van der Waals surface area contributed by atoms with Crippen LogP contribution in [0.3, 0.4) is 0 Å². The molecule has 0 aromatic heterocycles. The number of alkyl halides is 6. The maximum atomic E-state index is 14.1. The van der Waals surface area contributed by atoms with Crippen LogP contribution >= 0.6 is 0 Å². The van der Waals surface area contributed by atoms with Gasteiger partial charge in [0.25, 0.3) is 0 Å². The number of ether oxygens (including phenoxy) is 1. The highest BCUT2D eigenvalue weighted by atomic mass is 32.2. The first-order valence-corrected chi connectivity index (χ1v) is 24.1. The molecule has 0 atom stereocenters. The number of hydrogen-bond acceptors (Lipinski definition) is 15. The van der Waals surface area contributed by atoms with Crippen molar-refractivity contribution in [2.24, 2.45) is 10.3 Å². The molecule has 0 heterocycles. The van der Waals surface area contributed by atoms with Gasteiger partial charge in [0, 0.05) is 11.1 Å². The third-order valence-corrected chi connectivity index (χ3v) is 13.5. The van der Waals surface area contributed by atoms with E-state index in [-0.39, 0.29) is 32.8 Å². The largest absolute Gasteiger partial charge is 0.457 e. The minimum atomic E-state index is -5.27. The average molecular weight is 1010 g/mol. The predicted octanol–water partition coefficient (Wildman–Crippen LogP) is 8.97. The van der Waals surface area contributed by atoms with Gasteiger partial charge < -0.3 is 13.1 Å². The van der Waals surface area contributed by atoms with Crippen LogP contribution in [0.5, 0.6) is 23.0 Å². The molecule has 0 aliphatic heterocycles. The van der Waals surface area contributed by atoms with Gasteiger partial charge in [0.1, 0.15) is 42.6 Å². The van der Waals surface area contributed by atoms with Gasteiger partial charge in [-0.1, -0.05) is 45.7 Å². The van der Waals surface area contributed by atoms with E-state index in [0.717, 1.165) is 108 Å². The quantitative estimate of drug-likeness (QED) is 0.0384. The molecule has 0 radical (unpaired) electrons. The normalized spacial score (nSPS) is 13.1. The maximum Gasteiger partial charge on any atom is 0.437 e. The molecule has 352 valence electrons. The van der Waals surface area contributed by atoms with E-state index in [2.05, 4.69) is 18.9 Å². The summed E-state index contributed by atoms with van der Waals surface area (Å²) in [6.07, 6.45) is -10.5. The van der Waals surface area contributed by atoms with Crippen LogP contribution < -0.4 is 13.1 Å². The van der Waals surface area contributed by atoms with E-state index in [1.165, 1.54) is 48.5 Å². The minimum Gasteiger partial charge on any atom is -0.457 e. The zero-order valence-corrected chi connectivity index (χ0v) is 37.2. The molecular weight excluding hydrogens is 983 g/mol. The van der Waals surface area contributed by atoms with Crippen LogP contribution in [-0.4, -0.2) is 57.4 Å². The smallest absolute Gasteiger partial charge is 0.437 e. The van der Waals surface area contributed by atoms with Gasteiger partial charge in [-0.25, -0.2) is 0 Å². The van der Waals surface area contributed by atoms with Gasteiger partial charge in [-0.2, -0.15) is 60.0 Å². The summed E-state index contributed by atoms with van der Waals surface area (Å²) in [5.41, 5.74) is -3.45. The highest BCUT2D eigenvalue weighted by Crippen LogP contribution is 2.31. The van der Waals surface area contributed by atoms with E-state index in [4.69, 9.17) is 13.1 Å². The summed E-state index contributed by atoms with van der Waals surface area (Å²) < 4.78 is 210. The molecule has 0 aliphatic carbocycles. The molecule has 6 rings (SSSR count). The molecule has 0 amide bonds. The van der Waals surface area contributed by atoms with Crippen molar-refractivity contribution in [1.82, 2.24) is 0 Å². The molecule has 0 aliphatic rings. The van der Waals surface area contributed by atoms with Crippen molar-refractivity contribution in [3.8, 4) is 23.0 Å². The molecule has 0 bridgehead atoms. The van der Waals surface area contributed by atoms with E-state index in [1.54, 1.807) is 13.8 Å². The monoisotopic (exact) mass is 1010 g/mol. The zero-order valence-electron chi connectivity index (χ0n) is 34.0. The van der Waals surface area contributed by atoms with Crippen LogP contribution in [0.2, 0.25) is 0 Å². The highest BCUT2D eigenvalue weighted by molar-refractivity contribution is 7.87. The second-order valence-corrected chi connectivity index (χ2v) is 19.9. The molecule has 15 nitrogen and oxygen atoms in total. The lowest BCUT2D eigenvalue weighted by atomic mass is 10.1.